The van der Waals surface area contributed by atoms with E-state index in [4.69, 9.17) is 0 Å². The van der Waals surface area contributed by atoms with Gasteiger partial charge in [0.15, 0.2) is 0 Å². The molecule has 0 aromatic rings. The molecule has 0 aliphatic heterocycles. The first-order chi connectivity index (χ1) is 7.58. The predicted octanol–water partition coefficient (Wildman–Crippen LogP) is 1.95. The number of aliphatic hydroxyl groups excluding tert-OH is 1. The first kappa shape index (κ1) is 13.5. The third kappa shape index (κ3) is 3.21. The number of nitrogens with one attached hydrogen (secondary N) is 1. The van der Waals surface area contributed by atoms with Crippen LogP contribution in [0.4, 0.5) is 0 Å². The van der Waals surface area contributed by atoms with Crippen LogP contribution in [0.25, 0.3) is 0 Å². The minimum absolute atomic E-state index is 0.126. The number of rotatable bonds is 7. The van der Waals surface area contributed by atoms with E-state index in [9.17, 15) is 9.90 Å². The Balaban J connectivity index is 2.38. The molecule has 1 atom stereocenters. The Morgan fingerprint density at radius 1 is 1.44 bits per heavy atom. The second-order valence-corrected chi connectivity index (χ2v) is 5.21. The Morgan fingerprint density at radius 2 is 2.00 bits per heavy atom. The molecule has 1 aliphatic rings. The summed E-state index contributed by atoms with van der Waals surface area (Å²) in [5.41, 5.74) is -0.126. The quantitative estimate of drug-likeness (QED) is 0.698. The Hall–Kier alpha value is -0.570. The average Bonchev–Trinajstić information content (AvgIpc) is 3.14. The first-order valence-electron chi connectivity index (χ1n) is 6.47. The van der Waals surface area contributed by atoms with Crippen LogP contribution < -0.4 is 5.32 Å². The lowest BCUT2D eigenvalue weighted by Gasteiger charge is -2.30. The molecule has 3 nitrogen and oxygen atoms in total. The summed E-state index contributed by atoms with van der Waals surface area (Å²) in [6.07, 6.45) is 4.19. The van der Waals surface area contributed by atoms with E-state index in [0.29, 0.717) is 12.5 Å². The Kier molecular flexibility index (Phi) is 4.78. The molecule has 0 saturated heterocycles. The average molecular weight is 227 g/mol. The van der Waals surface area contributed by atoms with Gasteiger partial charge < -0.3 is 10.4 Å². The largest absolute Gasteiger partial charge is 0.396 e. The second kappa shape index (κ2) is 5.67. The van der Waals surface area contributed by atoms with Crippen molar-refractivity contribution in [1.82, 2.24) is 5.32 Å². The molecule has 1 unspecified atom stereocenters. The molecule has 1 rings (SSSR count). The van der Waals surface area contributed by atoms with Crippen molar-refractivity contribution in [2.75, 3.05) is 13.2 Å². The van der Waals surface area contributed by atoms with Gasteiger partial charge in [0.2, 0.25) is 5.91 Å². The van der Waals surface area contributed by atoms with Crippen molar-refractivity contribution in [2.24, 2.45) is 17.3 Å². The number of hydrogen-bond acceptors (Lipinski definition) is 2. The molecule has 0 spiro atoms. The number of carbonyl (C=O) groups is 1. The predicted molar refractivity (Wildman–Crippen MR) is 65.0 cm³/mol. The summed E-state index contributed by atoms with van der Waals surface area (Å²) >= 11 is 0. The van der Waals surface area contributed by atoms with Gasteiger partial charge in [0.25, 0.3) is 0 Å². The molecular weight excluding hydrogens is 202 g/mol. The zero-order chi connectivity index (χ0) is 12.2. The topological polar surface area (TPSA) is 49.3 Å². The summed E-state index contributed by atoms with van der Waals surface area (Å²) in [5.74, 6) is 0.902. The molecule has 16 heavy (non-hydrogen) atoms. The maximum atomic E-state index is 11.8. The zero-order valence-electron chi connectivity index (χ0n) is 10.8. The van der Waals surface area contributed by atoms with Crippen LogP contribution in [0.1, 0.15) is 46.5 Å². The van der Waals surface area contributed by atoms with Crippen molar-refractivity contribution in [3.63, 3.8) is 0 Å². The van der Waals surface area contributed by atoms with Crippen molar-refractivity contribution in [1.29, 1.82) is 0 Å². The van der Waals surface area contributed by atoms with E-state index in [0.717, 1.165) is 12.8 Å². The van der Waals surface area contributed by atoms with Crippen LogP contribution in [-0.2, 0) is 4.79 Å². The monoisotopic (exact) mass is 227 g/mol. The molecule has 1 amide bonds. The fourth-order valence-electron chi connectivity index (χ4n) is 2.03. The van der Waals surface area contributed by atoms with Crippen molar-refractivity contribution in [3.8, 4) is 0 Å². The molecule has 0 radical (unpaired) electrons. The smallest absolute Gasteiger partial charge is 0.223 e. The lowest BCUT2D eigenvalue weighted by atomic mass is 9.83. The summed E-state index contributed by atoms with van der Waals surface area (Å²) < 4.78 is 0. The van der Waals surface area contributed by atoms with Crippen LogP contribution in [0.5, 0.6) is 0 Å². The van der Waals surface area contributed by atoms with Gasteiger partial charge in [-0.1, -0.05) is 20.8 Å². The number of hydrogen-bond donors (Lipinski definition) is 2. The number of aliphatic hydroxyl groups is 1. The van der Waals surface area contributed by atoms with E-state index >= 15 is 0 Å². The van der Waals surface area contributed by atoms with E-state index in [1.807, 2.05) is 6.92 Å². The zero-order valence-corrected chi connectivity index (χ0v) is 10.8. The third-order valence-corrected chi connectivity index (χ3v) is 4.22. The lowest BCUT2D eigenvalue weighted by molar-refractivity contribution is -0.125. The maximum Gasteiger partial charge on any atom is 0.223 e. The highest BCUT2D eigenvalue weighted by atomic mass is 16.3. The summed E-state index contributed by atoms with van der Waals surface area (Å²) in [4.78, 5) is 11.8. The van der Waals surface area contributed by atoms with Gasteiger partial charge in [-0.25, -0.2) is 0 Å². The SMILES string of the molecule is CCC(CC)(CO)CNC(=O)C(C)C1CC1. The van der Waals surface area contributed by atoms with Crippen molar-refractivity contribution < 1.29 is 9.90 Å². The minimum atomic E-state index is -0.126. The van der Waals surface area contributed by atoms with Gasteiger partial charge >= 0.3 is 0 Å². The molecule has 0 bridgehead atoms. The van der Waals surface area contributed by atoms with Gasteiger partial charge in [-0.05, 0) is 31.6 Å². The van der Waals surface area contributed by atoms with Crippen LogP contribution in [0.15, 0.2) is 0 Å². The van der Waals surface area contributed by atoms with Crippen LogP contribution in [0, 0.1) is 17.3 Å². The highest BCUT2D eigenvalue weighted by molar-refractivity contribution is 5.78. The standard InChI is InChI=1S/C13H25NO2/c1-4-13(5-2,9-15)8-14-12(16)10(3)11-6-7-11/h10-11,15H,4-9H2,1-3H3,(H,14,16). The second-order valence-electron chi connectivity index (χ2n) is 5.21. The molecule has 1 aliphatic carbocycles. The van der Waals surface area contributed by atoms with Gasteiger partial charge in [-0.3, -0.25) is 4.79 Å². The molecule has 1 saturated carbocycles. The van der Waals surface area contributed by atoms with Gasteiger partial charge in [0.05, 0.1) is 6.61 Å². The van der Waals surface area contributed by atoms with Gasteiger partial charge in [0, 0.05) is 17.9 Å². The molecular formula is C13H25NO2. The van der Waals surface area contributed by atoms with E-state index in [2.05, 4.69) is 19.2 Å². The Morgan fingerprint density at radius 3 is 2.38 bits per heavy atom. The van der Waals surface area contributed by atoms with Crippen LogP contribution in [-0.4, -0.2) is 24.2 Å². The van der Waals surface area contributed by atoms with Crippen LogP contribution in [0.3, 0.4) is 0 Å². The van der Waals surface area contributed by atoms with E-state index in [1.165, 1.54) is 12.8 Å². The minimum Gasteiger partial charge on any atom is -0.396 e. The van der Waals surface area contributed by atoms with E-state index in [1.54, 1.807) is 0 Å². The third-order valence-electron chi connectivity index (χ3n) is 4.22. The lowest BCUT2D eigenvalue weighted by Crippen LogP contribution is -2.41. The van der Waals surface area contributed by atoms with Crippen molar-refractivity contribution in [3.05, 3.63) is 0 Å². The molecule has 1 fully saturated rings. The van der Waals surface area contributed by atoms with Crippen molar-refractivity contribution in [2.45, 2.75) is 46.5 Å². The Bertz CT molecular complexity index is 224. The normalized spacial score (nSPS) is 18.2. The fourth-order valence-corrected chi connectivity index (χ4v) is 2.03. The molecule has 94 valence electrons. The van der Waals surface area contributed by atoms with Gasteiger partial charge in [-0.2, -0.15) is 0 Å². The molecule has 0 heterocycles. The summed E-state index contributed by atoms with van der Waals surface area (Å²) in [7, 11) is 0. The fraction of sp³-hybridized carbons (Fsp3) is 0.923. The molecule has 3 heteroatoms. The van der Waals surface area contributed by atoms with E-state index in [-0.39, 0.29) is 23.8 Å². The van der Waals surface area contributed by atoms with E-state index < -0.39 is 0 Å². The highest BCUT2D eigenvalue weighted by Gasteiger charge is 2.33. The van der Waals surface area contributed by atoms with Crippen LogP contribution in [0.2, 0.25) is 0 Å². The van der Waals surface area contributed by atoms with Crippen LogP contribution >= 0.6 is 0 Å². The molecule has 0 aromatic heterocycles. The van der Waals surface area contributed by atoms with Gasteiger partial charge in [-0.15, -0.1) is 0 Å². The van der Waals surface area contributed by atoms with Crippen molar-refractivity contribution >= 4 is 5.91 Å². The number of carbonyl (C=O) groups excluding carboxylic acids is 1. The maximum absolute atomic E-state index is 11.8. The van der Waals surface area contributed by atoms with Gasteiger partial charge in [0.1, 0.15) is 0 Å². The first-order valence-corrected chi connectivity index (χ1v) is 6.47. The molecule has 0 aromatic carbocycles. The molecule has 2 N–H and O–H groups in total. The highest BCUT2D eigenvalue weighted by Crippen LogP contribution is 2.36. The number of amides is 1. The summed E-state index contributed by atoms with van der Waals surface area (Å²) in [6.45, 7) is 6.89. The summed E-state index contributed by atoms with van der Waals surface area (Å²) in [5, 5.41) is 12.4. The summed E-state index contributed by atoms with van der Waals surface area (Å²) in [6, 6.07) is 0. The Labute approximate surface area is 98.6 Å².